The summed E-state index contributed by atoms with van der Waals surface area (Å²) in [6, 6.07) is 4.68. The Hall–Kier alpha value is -2.65. The van der Waals surface area contributed by atoms with E-state index in [0.29, 0.717) is 16.5 Å². The summed E-state index contributed by atoms with van der Waals surface area (Å²) in [5.74, 6) is 2.01. The molecule has 1 aliphatic heterocycles. The molecule has 1 amide bonds. The highest BCUT2D eigenvalue weighted by Gasteiger charge is 2.42. The molecule has 1 saturated heterocycles. The number of benzene rings is 1. The maximum atomic E-state index is 12.2. The molecule has 6 heteroatoms. The van der Waals surface area contributed by atoms with Crippen molar-refractivity contribution in [1.29, 1.82) is 0 Å². The van der Waals surface area contributed by atoms with Crippen LogP contribution in [0.15, 0.2) is 29.3 Å². The van der Waals surface area contributed by atoms with Gasteiger partial charge in [0.2, 0.25) is 0 Å². The molecule has 1 aromatic heterocycles. The van der Waals surface area contributed by atoms with Crippen molar-refractivity contribution in [1.82, 2.24) is 14.9 Å². The molecule has 0 spiro atoms. The molecular weight excluding hydrogens is 258 g/mol. The fraction of sp³-hybridized carbons (Fsp3) is 0.214. The Kier molecular flexibility index (Phi) is 2.59. The average molecular weight is 269 g/mol. The number of fused-ring (bicyclic) bond motifs is 1. The molecule has 0 unspecified atom stereocenters. The summed E-state index contributed by atoms with van der Waals surface area (Å²) >= 11 is 0. The molecule has 0 saturated carbocycles. The van der Waals surface area contributed by atoms with Gasteiger partial charge < -0.3 is 15.0 Å². The standard InChI is InChI=1S/C14H11N3O3/c1-2-14(20)6-17(7-14)13(19)9-3-4-10-11(5-9)15-8-16-12(10)18/h1,3-5,8,20H,6-7H2,(H,15,16,18). The first-order chi connectivity index (χ1) is 9.52. The highest BCUT2D eigenvalue weighted by atomic mass is 16.3. The van der Waals surface area contributed by atoms with Crippen LogP contribution in [0, 0.1) is 12.3 Å². The first-order valence-corrected chi connectivity index (χ1v) is 5.99. The smallest absolute Gasteiger partial charge is 0.258 e. The number of hydrogen-bond donors (Lipinski definition) is 2. The number of carbonyl (C=O) groups is 1. The molecular formula is C14H11N3O3. The number of β-amino-alcohol motifs (C(OH)–C–C–N with tert-alkyl or cyclic N) is 1. The van der Waals surface area contributed by atoms with Crippen LogP contribution in [0.3, 0.4) is 0 Å². The lowest BCUT2D eigenvalue weighted by Crippen LogP contribution is -2.62. The summed E-state index contributed by atoms with van der Waals surface area (Å²) in [4.78, 5) is 31.7. The van der Waals surface area contributed by atoms with Gasteiger partial charge in [0, 0.05) is 5.56 Å². The highest BCUT2D eigenvalue weighted by molar-refractivity contribution is 5.98. The molecule has 0 radical (unpaired) electrons. The van der Waals surface area contributed by atoms with Crippen molar-refractivity contribution in [3.8, 4) is 12.3 Å². The van der Waals surface area contributed by atoms with E-state index < -0.39 is 5.60 Å². The third kappa shape index (κ3) is 1.85. The Morgan fingerprint density at radius 3 is 2.95 bits per heavy atom. The largest absolute Gasteiger partial charge is 0.374 e. The van der Waals surface area contributed by atoms with Crippen LogP contribution >= 0.6 is 0 Å². The molecule has 0 atom stereocenters. The summed E-state index contributed by atoms with van der Waals surface area (Å²) in [5.41, 5.74) is -0.608. The predicted octanol–water partition coefficient (Wildman–Crippen LogP) is -0.257. The Morgan fingerprint density at radius 2 is 2.25 bits per heavy atom. The normalized spacial score (nSPS) is 16.5. The number of nitrogens with one attached hydrogen (secondary N) is 1. The number of aromatic amines is 1. The molecule has 0 aliphatic carbocycles. The van der Waals surface area contributed by atoms with Crippen LogP contribution in [0.4, 0.5) is 0 Å². The van der Waals surface area contributed by atoms with Crippen molar-refractivity contribution >= 4 is 16.8 Å². The fourth-order valence-electron chi connectivity index (χ4n) is 2.20. The Morgan fingerprint density at radius 1 is 1.50 bits per heavy atom. The van der Waals surface area contributed by atoms with Crippen LogP contribution in [0.25, 0.3) is 10.9 Å². The van der Waals surface area contributed by atoms with E-state index in [-0.39, 0.29) is 24.6 Å². The van der Waals surface area contributed by atoms with Gasteiger partial charge in [0.25, 0.3) is 11.5 Å². The first kappa shape index (κ1) is 12.4. The molecule has 1 fully saturated rings. The van der Waals surface area contributed by atoms with Crippen molar-refractivity contribution in [2.45, 2.75) is 5.60 Å². The van der Waals surface area contributed by atoms with E-state index in [0.717, 1.165) is 0 Å². The van der Waals surface area contributed by atoms with Gasteiger partial charge in [-0.3, -0.25) is 9.59 Å². The van der Waals surface area contributed by atoms with Gasteiger partial charge in [-0.2, -0.15) is 0 Å². The number of H-pyrrole nitrogens is 1. The van der Waals surface area contributed by atoms with Gasteiger partial charge >= 0.3 is 0 Å². The third-order valence-corrected chi connectivity index (χ3v) is 3.35. The zero-order valence-electron chi connectivity index (χ0n) is 10.5. The third-order valence-electron chi connectivity index (χ3n) is 3.35. The summed E-state index contributed by atoms with van der Waals surface area (Å²) in [5, 5.41) is 10.1. The van der Waals surface area contributed by atoms with E-state index in [1.54, 1.807) is 18.2 Å². The average Bonchev–Trinajstić information content (AvgIpc) is 2.43. The molecule has 1 aromatic carbocycles. The second-order valence-corrected chi connectivity index (χ2v) is 4.80. The number of aliphatic hydroxyl groups is 1. The van der Waals surface area contributed by atoms with Gasteiger partial charge in [-0.25, -0.2) is 4.98 Å². The van der Waals surface area contributed by atoms with Gasteiger partial charge in [0.05, 0.1) is 30.3 Å². The lowest BCUT2D eigenvalue weighted by atomic mass is 9.94. The van der Waals surface area contributed by atoms with E-state index >= 15 is 0 Å². The van der Waals surface area contributed by atoms with E-state index in [1.807, 2.05) is 0 Å². The Balaban J connectivity index is 1.91. The number of hydrogen-bond acceptors (Lipinski definition) is 4. The van der Waals surface area contributed by atoms with Gasteiger partial charge in [0.1, 0.15) is 0 Å². The lowest BCUT2D eigenvalue weighted by Gasteiger charge is -2.43. The minimum absolute atomic E-state index is 0.114. The predicted molar refractivity (Wildman–Crippen MR) is 72.1 cm³/mol. The molecule has 2 heterocycles. The summed E-state index contributed by atoms with van der Waals surface area (Å²) in [7, 11) is 0. The van der Waals surface area contributed by atoms with Gasteiger partial charge in [0.15, 0.2) is 5.60 Å². The van der Waals surface area contributed by atoms with E-state index in [1.165, 1.54) is 11.2 Å². The zero-order chi connectivity index (χ0) is 14.3. The van der Waals surface area contributed by atoms with Crippen molar-refractivity contribution in [2.75, 3.05) is 13.1 Å². The summed E-state index contributed by atoms with van der Waals surface area (Å²) in [6.45, 7) is 0.229. The monoisotopic (exact) mass is 269 g/mol. The van der Waals surface area contributed by atoms with Crippen LogP contribution in [0.5, 0.6) is 0 Å². The number of amides is 1. The molecule has 3 rings (SSSR count). The number of aromatic nitrogens is 2. The van der Waals surface area contributed by atoms with E-state index in [9.17, 15) is 14.7 Å². The zero-order valence-corrected chi connectivity index (χ0v) is 10.5. The van der Waals surface area contributed by atoms with Crippen LogP contribution in [0.1, 0.15) is 10.4 Å². The number of rotatable bonds is 1. The summed E-state index contributed by atoms with van der Waals surface area (Å²) in [6.07, 6.45) is 6.47. The summed E-state index contributed by atoms with van der Waals surface area (Å²) < 4.78 is 0. The van der Waals surface area contributed by atoms with E-state index in [4.69, 9.17) is 6.42 Å². The molecule has 2 aromatic rings. The Bertz CT molecular complexity index is 797. The van der Waals surface area contributed by atoms with Crippen LogP contribution in [0.2, 0.25) is 0 Å². The minimum Gasteiger partial charge on any atom is -0.374 e. The quantitative estimate of drug-likeness (QED) is 0.699. The maximum Gasteiger partial charge on any atom is 0.258 e. The van der Waals surface area contributed by atoms with Crippen molar-refractivity contribution in [3.63, 3.8) is 0 Å². The number of carbonyl (C=O) groups excluding carboxylic acids is 1. The maximum absolute atomic E-state index is 12.2. The van der Waals surface area contributed by atoms with Gasteiger partial charge in [-0.05, 0) is 18.2 Å². The Labute approximate surface area is 114 Å². The molecule has 0 bridgehead atoms. The first-order valence-electron chi connectivity index (χ1n) is 5.99. The van der Waals surface area contributed by atoms with Crippen LogP contribution < -0.4 is 5.56 Å². The molecule has 1 aliphatic rings. The lowest BCUT2D eigenvalue weighted by molar-refractivity contribution is -0.0387. The number of nitrogens with zero attached hydrogens (tertiary/aromatic N) is 2. The highest BCUT2D eigenvalue weighted by Crippen LogP contribution is 2.22. The van der Waals surface area contributed by atoms with E-state index in [2.05, 4.69) is 15.9 Å². The van der Waals surface area contributed by atoms with Gasteiger partial charge in [-0.1, -0.05) is 5.92 Å². The second-order valence-electron chi connectivity index (χ2n) is 4.80. The van der Waals surface area contributed by atoms with Crippen molar-refractivity contribution in [2.24, 2.45) is 0 Å². The van der Waals surface area contributed by atoms with Crippen molar-refractivity contribution < 1.29 is 9.90 Å². The topological polar surface area (TPSA) is 86.3 Å². The molecule has 20 heavy (non-hydrogen) atoms. The molecule has 2 N–H and O–H groups in total. The number of terminal acetylenes is 1. The van der Waals surface area contributed by atoms with Crippen molar-refractivity contribution in [3.05, 3.63) is 40.4 Å². The fourth-order valence-corrected chi connectivity index (χ4v) is 2.20. The second kappa shape index (κ2) is 4.18. The molecule has 100 valence electrons. The number of likely N-dealkylation sites (tertiary alicyclic amines) is 1. The van der Waals surface area contributed by atoms with Crippen LogP contribution in [-0.4, -0.2) is 44.6 Å². The minimum atomic E-state index is -1.22. The van der Waals surface area contributed by atoms with Crippen LogP contribution in [-0.2, 0) is 0 Å². The SMILES string of the molecule is C#CC1(O)CN(C(=O)c2ccc3c(=O)[nH]cnc3c2)C1. The molecule has 6 nitrogen and oxygen atoms in total. The van der Waals surface area contributed by atoms with Gasteiger partial charge in [-0.15, -0.1) is 6.42 Å².